The summed E-state index contributed by atoms with van der Waals surface area (Å²) in [5, 5.41) is 11.5. The van der Waals surface area contributed by atoms with Gasteiger partial charge >= 0.3 is 6.18 Å². The maximum Gasteiger partial charge on any atom is 0.416 e. The number of hydrogen-bond donors (Lipinski definition) is 2. The fourth-order valence-electron chi connectivity index (χ4n) is 4.33. The Balaban J connectivity index is 1.74. The maximum absolute atomic E-state index is 13.9. The zero-order chi connectivity index (χ0) is 26.5. The number of guanidine groups is 1. The number of alkyl halides is 3. The Morgan fingerprint density at radius 1 is 1.14 bits per heavy atom. The van der Waals surface area contributed by atoms with E-state index in [1.54, 1.807) is 11.0 Å². The Hall–Kier alpha value is -3.36. The summed E-state index contributed by atoms with van der Waals surface area (Å²) in [5.74, 6) is -0.0695. The summed E-state index contributed by atoms with van der Waals surface area (Å²) in [5.41, 5.74) is 7.41. The van der Waals surface area contributed by atoms with Gasteiger partial charge in [0.2, 0.25) is 0 Å². The summed E-state index contributed by atoms with van der Waals surface area (Å²) in [6, 6.07) is 12.0. The molecule has 0 bridgehead atoms. The number of nitrogens with zero attached hydrogens (tertiary/aromatic N) is 3. The number of amidine groups is 1. The van der Waals surface area contributed by atoms with Crippen molar-refractivity contribution in [2.24, 2.45) is 15.9 Å². The predicted octanol–water partition coefficient (Wildman–Crippen LogP) is 5.52. The minimum absolute atomic E-state index is 0.0177. The number of oxime groups is 1. The van der Waals surface area contributed by atoms with Crippen LogP contribution in [0.1, 0.15) is 61.4 Å². The fraction of sp³-hybridized carbons (Fsp3) is 0.444. The molecule has 1 atom stereocenters. The second-order valence-corrected chi connectivity index (χ2v) is 10.1. The molecule has 0 radical (unpaired) electrons. The van der Waals surface area contributed by atoms with Gasteiger partial charge in [0.15, 0.2) is 11.8 Å². The highest BCUT2D eigenvalue weighted by atomic mass is 19.4. The fourth-order valence-corrected chi connectivity index (χ4v) is 4.33. The van der Waals surface area contributed by atoms with Crippen LogP contribution in [0.15, 0.2) is 52.6 Å². The van der Waals surface area contributed by atoms with E-state index < -0.39 is 11.7 Å². The van der Waals surface area contributed by atoms with Gasteiger partial charge in [0.1, 0.15) is 6.61 Å². The van der Waals surface area contributed by atoms with E-state index in [4.69, 9.17) is 16.0 Å². The maximum atomic E-state index is 13.9. The molecule has 0 aliphatic carbocycles. The first-order valence-corrected chi connectivity index (χ1v) is 12.0. The number of benzene rings is 2. The van der Waals surface area contributed by atoms with E-state index in [2.05, 4.69) is 37.6 Å². The van der Waals surface area contributed by atoms with Gasteiger partial charge < -0.3 is 15.5 Å². The molecule has 0 amide bonds. The van der Waals surface area contributed by atoms with Crippen molar-refractivity contribution in [3.8, 4) is 0 Å². The van der Waals surface area contributed by atoms with E-state index in [1.807, 2.05) is 24.3 Å². The average molecular weight is 502 g/mol. The molecular formula is C27H34F3N5O. The van der Waals surface area contributed by atoms with Crippen LogP contribution >= 0.6 is 0 Å². The Bertz CT molecular complexity index is 1100. The van der Waals surface area contributed by atoms with Crippen LogP contribution in [0.4, 0.5) is 13.2 Å². The number of rotatable bonds is 7. The molecule has 194 valence electrons. The van der Waals surface area contributed by atoms with E-state index in [-0.39, 0.29) is 47.4 Å². The van der Waals surface area contributed by atoms with Crippen LogP contribution in [0.3, 0.4) is 0 Å². The van der Waals surface area contributed by atoms with Crippen LogP contribution in [0, 0.1) is 5.41 Å². The minimum Gasteiger partial charge on any atom is -0.392 e. The molecule has 0 saturated carbocycles. The molecule has 1 aliphatic heterocycles. The SMILES string of the molecule is C=N/C(=N\OCC1CCCN1C(=N)N)c1ccc(CCc2ccc(C(C)(C)C)cc2)c(C(F)(F)F)c1. The van der Waals surface area contributed by atoms with Gasteiger partial charge in [-0.3, -0.25) is 5.41 Å². The topological polar surface area (TPSA) is 87.1 Å². The first-order valence-electron chi connectivity index (χ1n) is 12.0. The molecule has 36 heavy (non-hydrogen) atoms. The van der Waals surface area contributed by atoms with Gasteiger partial charge in [0.05, 0.1) is 11.6 Å². The van der Waals surface area contributed by atoms with E-state index in [0.717, 1.165) is 24.5 Å². The third-order valence-electron chi connectivity index (χ3n) is 6.43. The van der Waals surface area contributed by atoms with Gasteiger partial charge in [-0.2, -0.15) is 13.2 Å². The van der Waals surface area contributed by atoms with Crippen LogP contribution in [0.5, 0.6) is 0 Å². The molecule has 1 fully saturated rings. The average Bonchev–Trinajstić information content (AvgIpc) is 3.28. The largest absolute Gasteiger partial charge is 0.416 e. The van der Waals surface area contributed by atoms with Crippen molar-refractivity contribution >= 4 is 18.5 Å². The highest BCUT2D eigenvalue weighted by molar-refractivity contribution is 6.01. The van der Waals surface area contributed by atoms with Crippen molar-refractivity contribution in [2.45, 2.75) is 64.1 Å². The van der Waals surface area contributed by atoms with Crippen molar-refractivity contribution < 1.29 is 18.0 Å². The number of aryl methyl sites for hydroxylation is 2. The van der Waals surface area contributed by atoms with Crippen molar-refractivity contribution in [1.29, 1.82) is 5.41 Å². The van der Waals surface area contributed by atoms with Crippen LogP contribution in [0.2, 0.25) is 0 Å². The summed E-state index contributed by atoms with van der Waals surface area (Å²) >= 11 is 0. The lowest BCUT2D eigenvalue weighted by Crippen LogP contribution is -2.41. The van der Waals surface area contributed by atoms with Gasteiger partial charge in [-0.05, 0) is 60.6 Å². The molecule has 9 heteroatoms. The summed E-state index contributed by atoms with van der Waals surface area (Å²) in [6.45, 7) is 10.6. The van der Waals surface area contributed by atoms with Crippen LogP contribution in [-0.4, -0.2) is 42.6 Å². The van der Waals surface area contributed by atoms with Crippen molar-refractivity contribution in [3.63, 3.8) is 0 Å². The molecule has 6 nitrogen and oxygen atoms in total. The van der Waals surface area contributed by atoms with E-state index in [1.165, 1.54) is 11.6 Å². The van der Waals surface area contributed by atoms with Gasteiger partial charge in [0, 0.05) is 12.1 Å². The van der Waals surface area contributed by atoms with E-state index >= 15 is 0 Å². The van der Waals surface area contributed by atoms with Crippen molar-refractivity contribution in [1.82, 2.24) is 4.90 Å². The molecule has 1 aliphatic rings. The smallest absolute Gasteiger partial charge is 0.392 e. The monoisotopic (exact) mass is 501 g/mol. The number of halogens is 3. The first kappa shape index (κ1) is 27.2. The van der Waals surface area contributed by atoms with Gasteiger partial charge in [-0.25, -0.2) is 4.99 Å². The predicted molar refractivity (Wildman–Crippen MR) is 138 cm³/mol. The van der Waals surface area contributed by atoms with E-state index in [9.17, 15) is 13.2 Å². The zero-order valence-corrected chi connectivity index (χ0v) is 21.0. The van der Waals surface area contributed by atoms with Gasteiger partial charge in [0.25, 0.3) is 0 Å². The molecule has 3 N–H and O–H groups in total. The molecule has 2 aromatic carbocycles. The normalized spacial score (nSPS) is 16.8. The molecular weight excluding hydrogens is 467 g/mol. The lowest BCUT2D eigenvalue weighted by Gasteiger charge is -2.23. The van der Waals surface area contributed by atoms with Crippen LogP contribution < -0.4 is 5.73 Å². The number of aliphatic imine (C=N–C) groups is 1. The molecule has 2 aromatic rings. The molecule has 1 heterocycles. The number of hydrogen-bond acceptors (Lipinski definition) is 3. The molecule has 0 aromatic heterocycles. The summed E-state index contributed by atoms with van der Waals surface area (Å²) in [7, 11) is 0. The molecule has 3 rings (SSSR count). The van der Waals surface area contributed by atoms with E-state index in [0.29, 0.717) is 13.0 Å². The highest BCUT2D eigenvalue weighted by Gasteiger charge is 2.34. The minimum atomic E-state index is -4.53. The Kier molecular flexibility index (Phi) is 8.43. The third kappa shape index (κ3) is 6.86. The standard InChI is InChI=1S/C27H34F3N5O/c1-26(2,3)21-13-8-18(9-14-21)7-10-19-11-12-20(16-23(19)27(28,29)30)24(33-4)34-36-17-22-6-5-15-35(22)25(31)32/h8-9,11-14,16,22H,4-7,10,15,17H2,1-3H3,(H3,31,32)/b34-24-. The van der Waals surface area contributed by atoms with Crippen molar-refractivity contribution in [2.75, 3.05) is 13.2 Å². The lowest BCUT2D eigenvalue weighted by molar-refractivity contribution is -0.138. The Morgan fingerprint density at radius 2 is 1.83 bits per heavy atom. The van der Waals surface area contributed by atoms with Crippen LogP contribution in [0.25, 0.3) is 0 Å². The van der Waals surface area contributed by atoms with Crippen LogP contribution in [-0.2, 0) is 29.3 Å². The number of likely N-dealkylation sites (tertiary alicyclic amines) is 1. The number of nitrogens with one attached hydrogen (secondary N) is 1. The molecule has 1 saturated heterocycles. The zero-order valence-electron chi connectivity index (χ0n) is 21.0. The summed E-state index contributed by atoms with van der Waals surface area (Å²) in [4.78, 5) is 10.9. The summed E-state index contributed by atoms with van der Waals surface area (Å²) < 4.78 is 41.8. The van der Waals surface area contributed by atoms with Crippen molar-refractivity contribution in [3.05, 3.63) is 70.3 Å². The second kappa shape index (κ2) is 11.1. The van der Waals surface area contributed by atoms with Gasteiger partial charge in [-0.15, -0.1) is 0 Å². The lowest BCUT2D eigenvalue weighted by atomic mass is 9.86. The quantitative estimate of drug-likeness (QED) is 0.297. The number of nitrogens with two attached hydrogens (primary N) is 1. The highest BCUT2D eigenvalue weighted by Crippen LogP contribution is 2.34. The molecule has 1 unspecified atom stereocenters. The molecule has 0 spiro atoms. The third-order valence-corrected chi connectivity index (χ3v) is 6.43. The summed E-state index contributed by atoms with van der Waals surface area (Å²) in [6.07, 6.45) is -2.12. The first-order chi connectivity index (χ1) is 16.9. The Labute approximate surface area is 210 Å². The van der Waals surface area contributed by atoms with Gasteiger partial charge in [-0.1, -0.05) is 62.3 Å². The Morgan fingerprint density at radius 3 is 2.42 bits per heavy atom. The second-order valence-electron chi connectivity index (χ2n) is 10.1.